The maximum Gasteiger partial charge on any atom is 0.266 e. The van der Waals surface area contributed by atoms with Crippen LogP contribution in [0, 0.1) is 6.92 Å². The number of benzene rings is 4. The first-order valence-corrected chi connectivity index (χ1v) is 9.92. The number of nitrogens with zero attached hydrogens (tertiary/aromatic N) is 1. The van der Waals surface area contributed by atoms with Gasteiger partial charge >= 0.3 is 0 Å². The van der Waals surface area contributed by atoms with Gasteiger partial charge in [-0.05, 0) is 48.2 Å². The molecule has 1 aliphatic heterocycles. The molecule has 4 aromatic rings. The Morgan fingerprint density at radius 2 is 1.48 bits per heavy atom. The number of amides is 3. The van der Waals surface area contributed by atoms with E-state index in [1.54, 1.807) is 24.3 Å². The number of hydrogen-bond acceptors (Lipinski definition) is 3. The van der Waals surface area contributed by atoms with E-state index in [0.717, 1.165) is 16.3 Å². The Hall–Kier alpha value is -4.25. The standard InChI is InChI=1S/C26H18N2O3/c1-16-7-2-5-12-23(16)28-25(30)20-14-13-18(15-21(20)26(28)31)24(29)27-22-11-6-9-17-8-3-4-10-19(17)22/h2-15H,1H3,(H,27,29). The average molecular weight is 406 g/mol. The van der Waals surface area contributed by atoms with Gasteiger partial charge in [0.2, 0.25) is 0 Å². The summed E-state index contributed by atoms with van der Waals surface area (Å²) < 4.78 is 0. The van der Waals surface area contributed by atoms with E-state index in [4.69, 9.17) is 0 Å². The predicted octanol–water partition coefficient (Wildman–Crippen LogP) is 5.20. The lowest BCUT2D eigenvalue weighted by Crippen LogP contribution is -2.29. The van der Waals surface area contributed by atoms with Gasteiger partial charge < -0.3 is 5.32 Å². The van der Waals surface area contributed by atoms with Crippen LogP contribution in [-0.2, 0) is 0 Å². The minimum atomic E-state index is -0.422. The zero-order chi connectivity index (χ0) is 21.5. The van der Waals surface area contributed by atoms with Gasteiger partial charge in [0.15, 0.2) is 0 Å². The summed E-state index contributed by atoms with van der Waals surface area (Å²) in [6, 6.07) is 25.3. The largest absolute Gasteiger partial charge is 0.321 e. The fourth-order valence-corrected chi connectivity index (χ4v) is 3.94. The van der Waals surface area contributed by atoms with Crippen LogP contribution in [0.5, 0.6) is 0 Å². The molecular formula is C26H18N2O3. The van der Waals surface area contributed by atoms with Crippen LogP contribution in [0.2, 0.25) is 0 Å². The molecule has 0 spiro atoms. The Balaban J connectivity index is 1.48. The highest BCUT2D eigenvalue weighted by molar-refractivity contribution is 6.35. The molecule has 3 amide bonds. The minimum absolute atomic E-state index is 0.235. The average Bonchev–Trinajstić information content (AvgIpc) is 3.04. The third kappa shape index (κ3) is 3.07. The van der Waals surface area contributed by atoms with Crippen molar-refractivity contribution < 1.29 is 14.4 Å². The first-order valence-electron chi connectivity index (χ1n) is 9.92. The molecule has 5 heteroatoms. The van der Waals surface area contributed by atoms with Crippen LogP contribution in [0.15, 0.2) is 84.9 Å². The predicted molar refractivity (Wildman–Crippen MR) is 121 cm³/mol. The van der Waals surface area contributed by atoms with Gasteiger partial charge in [0.05, 0.1) is 16.8 Å². The van der Waals surface area contributed by atoms with Crippen LogP contribution in [0.4, 0.5) is 11.4 Å². The molecule has 1 aliphatic rings. The first kappa shape index (κ1) is 18.8. The van der Waals surface area contributed by atoms with Gasteiger partial charge in [-0.15, -0.1) is 0 Å². The van der Waals surface area contributed by atoms with E-state index >= 15 is 0 Å². The minimum Gasteiger partial charge on any atom is -0.321 e. The van der Waals surface area contributed by atoms with Crippen LogP contribution in [0.3, 0.4) is 0 Å². The van der Waals surface area contributed by atoms with Gasteiger partial charge in [-0.25, -0.2) is 4.90 Å². The fourth-order valence-electron chi connectivity index (χ4n) is 3.94. The van der Waals surface area contributed by atoms with E-state index in [2.05, 4.69) is 5.32 Å². The van der Waals surface area contributed by atoms with Crippen molar-refractivity contribution >= 4 is 39.9 Å². The molecular weight excluding hydrogens is 388 g/mol. The third-order valence-corrected chi connectivity index (χ3v) is 5.54. The highest BCUT2D eigenvalue weighted by atomic mass is 16.2. The molecule has 31 heavy (non-hydrogen) atoms. The van der Waals surface area contributed by atoms with Crippen molar-refractivity contribution in [1.29, 1.82) is 0 Å². The molecule has 0 bridgehead atoms. The summed E-state index contributed by atoms with van der Waals surface area (Å²) in [5, 5.41) is 4.87. The van der Waals surface area contributed by atoms with Gasteiger partial charge in [-0.1, -0.05) is 54.6 Å². The SMILES string of the molecule is Cc1ccccc1N1C(=O)c2ccc(C(=O)Nc3cccc4ccccc34)cc2C1=O. The molecule has 0 aliphatic carbocycles. The van der Waals surface area contributed by atoms with E-state index < -0.39 is 5.91 Å². The number of carbonyl (C=O) groups is 3. The summed E-state index contributed by atoms with van der Waals surface area (Å²) in [5.41, 5.74) is 2.92. The molecule has 0 aromatic heterocycles. The first-order chi connectivity index (χ1) is 15.0. The normalized spacial score (nSPS) is 12.9. The van der Waals surface area contributed by atoms with Gasteiger partial charge in [0.1, 0.15) is 0 Å². The smallest absolute Gasteiger partial charge is 0.266 e. The maximum absolute atomic E-state index is 13.0. The zero-order valence-corrected chi connectivity index (χ0v) is 16.8. The molecule has 5 rings (SSSR count). The number of fused-ring (bicyclic) bond motifs is 2. The molecule has 0 unspecified atom stereocenters. The lowest BCUT2D eigenvalue weighted by Gasteiger charge is -2.16. The number of anilines is 2. The molecule has 150 valence electrons. The molecule has 0 atom stereocenters. The van der Waals surface area contributed by atoms with Crippen molar-refractivity contribution in [2.24, 2.45) is 0 Å². The number of nitrogens with one attached hydrogen (secondary N) is 1. The van der Waals surface area contributed by atoms with Crippen LogP contribution in [-0.4, -0.2) is 17.7 Å². The Kier molecular flexibility index (Phi) is 4.37. The monoisotopic (exact) mass is 406 g/mol. The second-order valence-electron chi connectivity index (χ2n) is 7.47. The third-order valence-electron chi connectivity index (χ3n) is 5.54. The van der Waals surface area contributed by atoms with E-state index in [1.807, 2.05) is 61.5 Å². The Bertz CT molecular complexity index is 1390. The van der Waals surface area contributed by atoms with E-state index in [9.17, 15) is 14.4 Å². The quantitative estimate of drug-likeness (QED) is 0.476. The molecule has 0 saturated carbocycles. The number of aryl methyl sites for hydroxylation is 1. The van der Waals surface area contributed by atoms with E-state index in [0.29, 0.717) is 22.5 Å². The van der Waals surface area contributed by atoms with Crippen LogP contribution < -0.4 is 10.2 Å². The fraction of sp³-hybridized carbons (Fsp3) is 0.0385. The highest BCUT2D eigenvalue weighted by Gasteiger charge is 2.37. The molecule has 0 saturated heterocycles. The zero-order valence-electron chi connectivity index (χ0n) is 16.8. The van der Waals surface area contributed by atoms with Gasteiger partial charge in [-0.3, -0.25) is 14.4 Å². The summed E-state index contributed by atoms with van der Waals surface area (Å²) in [6.07, 6.45) is 0. The van der Waals surface area contributed by atoms with Crippen molar-refractivity contribution in [3.8, 4) is 0 Å². The summed E-state index contributed by atoms with van der Waals surface area (Å²) in [5.74, 6) is -1.14. The lowest BCUT2D eigenvalue weighted by atomic mass is 10.0. The molecule has 0 fully saturated rings. The topological polar surface area (TPSA) is 66.5 Å². The summed E-state index contributed by atoms with van der Waals surface area (Å²) in [7, 11) is 0. The number of hydrogen-bond donors (Lipinski definition) is 1. The molecule has 0 radical (unpaired) electrons. The summed E-state index contributed by atoms with van der Waals surface area (Å²) in [6.45, 7) is 1.85. The van der Waals surface area contributed by atoms with Gasteiger partial charge in [-0.2, -0.15) is 0 Å². The molecule has 4 aromatic carbocycles. The second kappa shape index (κ2) is 7.22. The Morgan fingerprint density at radius 1 is 0.774 bits per heavy atom. The number of imide groups is 1. The van der Waals surface area contributed by atoms with Crippen LogP contribution in [0.25, 0.3) is 10.8 Å². The highest BCUT2D eigenvalue weighted by Crippen LogP contribution is 2.31. The number of carbonyl (C=O) groups excluding carboxylic acids is 3. The van der Waals surface area contributed by atoms with Crippen molar-refractivity contribution in [1.82, 2.24) is 0 Å². The summed E-state index contributed by atoms with van der Waals surface area (Å²) >= 11 is 0. The maximum atomic E-state index is 13.0. The molecule has 1 heterocycles. The lowest BCUT2D eigenvalue weighted by molar-refractivity contribution is 0.0925. The van der Waals surface area contributed by atoms with Crippen molar-refractivity contribution in [2.45, 2.75) is 6.92 Å². The van der Waals surface area contributed by atoms with Crippen LogP contribution in [0.1, 0.15) is 36.6 Å². The van der Waals surface area contributed by atoms with Crippen molar-refractivity contribution in [3.63, 3.8) is 0 Å². The van der Waals surface area contributed by atoms with Gasteiger partial charge in [0, 0.05) is 16.6 Å². The second-order valence-corrected chi connectivity index (χ2v) is 7.47. The van der Waals surface area contributed by atoms with E-state index in [1.165, 1.54) is 11.0 Å². The molecule has 1 N–H and O–H groups in total. The number of para-hydroxylation sites is 1. The van der Waals surface area contributed by atoms with Crippen LogP contribution >= 0.6 is 0 Å². The van der Waals surface area contributed by atoms with Crippen molar-refractivity contribution in [3.05, 3.63) is 107 Å². The summed E-state index contributed by atoms with van der Waals surface area (Å²) in [4.78, 5) is 40.0. The Labute approximate surface area is 178 Å². The Morgan fingerprint density at radius 3 is 2.32 bits per heavy atom. The van der Waals surface area contributed by atoms with Gasteiger partial charge in [0.25, 0.3) is 17.7 Å². The van der Waals surface area contributed by atoms with Crippen molar-refractivity contribution in [2.75, 3.05) is 10.2 Å². The molecule has 5 nitrogen and oxygen atoms in total. The number of rotatable bonds is 3. The van der Waals surface area contributed by atoms with E-state index in [-0.39, 0.29) is 17.4 Å².